The number of ether oxygens (including phenoxy) is 2. The van der Waals surface area contributed by atoms with Crippen molar-refractivity contribution in [3.05, 3.63) is 72.6 Å². The number of esters is 1. The second-order valence-corrected chi connectivity index (χ2v) is 10.1. The summed E-state index contributed by atoms with van der Waals surface area (Å²) < 4.78 is 37.1. The van der Waals surface area contributed by atoms with Crippen LogP contribution in [-0.2, 0) is 23.4 Å². The Morgan fingerprint density at radius 1 is 1.36 bits per heavy atom. The van der Waals surface area contributed by atoms with Gasteiger partial charge < -0.3 is 14.0 Å². The summed E-state index contributed by atoms with van der Waals surface area (Å²) in [6.07, 6.45) is 3.20. The molecule has 1 aromatic carbocycles. The van der Waals surface area contributed by atoms with Gasteiger partial charge in [0.05, 0.1) is 13.7 Å². The predicted molar refractivity (Wildman–Crippen MR) is 127 cm³/mol. The molecule has 2 heterocycles. The molecule has 1 aliphatic heterocycles. The number of nitrogens with zero attached hydrogens (tertiary/aromatic N) is 1. The molecule has 0 aliphatic carbocycles. The van der Waals surface area contributed by atoms with Crippen LogP contribution in [0.25, 0.3) is 0 Å². The number of aromatic nitrogens is 2. The highest BCUT2D eigenvalue weighted by Crippen LogP contribution is 2.45. The molecule has 11 nitrogen and oxygen atoms in total. The Balaban J connectivity index is 1.71. The van der Waals surface area contributed by atoms with Crippen LogP contribution in [0, 0.1) is 10.5 Å². The van der Waals surface area contributed by atoms with Crippen LogP contribution in [0.1, 0.15) is 18.7 Å². The third-order valence-corrected chi connectivity index (χ3v) is 6.88. The number of rotatable bonds is 9. The summed E-state index contributed by atoms with van der Waals surface area (Å²) in [6, 6.07) is 5.85. The first-order chi connectivity index (χ1) is 15.6. The molecule has 33 heavy (non-hydrogen) atoms. The monoisotopic (exact) mass is 591 g/mol. The van der Waals surface area contributed by atoms with Gasteiger partial charge in [0.2, 0.25) is 0 Å². The first-order valence-electron chi connectivity index (χ1n) is 9.81. The van der Waals surface area contributed by atoms with E-state index < -0.39 is 43.3 Å². The molecule has 3 rings (SSSR count). The number of carbonyl (C=O) groups excluding carboxylic acids is 1. The maximum atomic E-state index is 13.4. The van der Waals surface area contributed by atoms with Crippen LogP contribution in [0.3, 0.4) is 0 Å². The summed E-state index contributed by atoms with van der Waals surface area (Å²) in [4.78, 5) is 37.7. The summed E-state index contributed by atoms with van der Waals surface area (Å²) in [5.41, 5.74) is -0.747. The van der Waals surface area contributed by atoms with Gasteiger partial charge in [0.15, 0.2) is 6.23 Å². The Labute approximate surface area is 202 Å². The number of carbonyl (C=O) groups is 1. The minimum absolute atomic E-state index is 0.202. The molecule has 0 fully saturated rings. The van der Waals surface area contributed by atoms with Gasteiger partial charge in [-0.25, -0.2) is 9.36 Å². The van der Waals surface area contributed by atoms with Gasteiger partial charge >= 0.3 is 19.4 Å². The van der Waals surface area contributed by atoms with Crippen molar-refractivity contribution in [3.63, 3.8) is 0 Å². The number of methoxy groups -OCH3 is 1. The van der Waals surface area contributed by atoms with Gasteiger partial charge in [-0.05, 0) is 60.7 Å². The molecule has 0 amide bonds. The number of benzene rings is 1. The van der Waals surface area contributed by atoms with Crippen molar-refractivity contribution in [2.24, 2.45) is 0 Å². The van der Waals surface area contributed by atoms with E-state index in [1.807, 2.05) is 6.07 Å². The fourth-order valence-corrected chi connectivity index (χ4v) is 4.92. The van der Waals surface area contributed by atoms with E-state index >= 15 is 0 Å². The molecule has 1 aliphatic rings. The van der Waals surface area contributed by atoms with Gasteiger partial charge in [0.1, 0.15) is 17.9 Å². The predicted octanol–water partition coefficient (Wildman–Crippen LogP) is 2.26. The average Bonchev–Trinajstić information content (AvgIpc) is 3.23. The van der Waals surface area contributed by atoms with E-state index in [2.05, 4.69) is 37.4 Å². The SMILES string of the molecule is COC(=O)C(C)NP(=O)(OCC1C=CC(n2cc(C)c(=O)[nH]c2=O)O1)Oc1cccc(I)c1. The quantitative estimate of drug-likeness (QED) is 0.195. The van der Waals surface area contributed by atoms with Crippen molar-refractivity contribution in [2.75, 3.05) is 13.7 Å². The lowest BCUT2D eigenvalue weighted by atomic mass is 10.3. The summed E-state index contributed by atoms with van der Waals surface area (Å²) in [5.74, 6) is -0.360. The maximum Gasteiger partial charge on any atom is 0.459 e. The highest BCUT2D eigenvalue weighted by molar-refractivity contribution is 14.1. The topological polar surface area (TPSA) is 138 Å². The Bertz CT molecular complexity index is 1210. The van der Waals surface area contributed by atoms with Crippen LogP contribution in [0.5, 0.6) is 5.75 Å². The lowest BCUT2D eigenvalue weighted by molar-refractivity contribution is -0.142. The second kappa shape index (κ2) is 10.8. The summed E-state index contributed by atoms with van der Waals surface area (Å²) in [5, 5.41) is 2.56. The van der Waals surface area contributed by atoms with Gasteiger partial charge in [-0.3, -0.25) is 23.7 Å². The molecule has 4 atom stereocenters. The minimum atomic E-state index is -4.04. The van der Waals surface area contributed by atoms with Crippen LogP contribution in [0.15, 0.2) is 52.2 Å². The highest BCUT2D eigenvalue weighted by atomic mass is 127. The summed E-state index contributed by atoms with van der Waals surface area (Å²) in [7, 11) is -2.82. The second-order valence-electron chi connectivity index (χ2n) is 7.14. The van der Waals surface area contributed by atoms with Crippen LogP contribution in [-0.4, -0.2) is 41.4 Å². The van der Waals surface area contributed by atoms with Crippen molar-refractivity contribution >= 4 is 36.3 Å². The maximum absolute atomic E-state index is 13.4. The Hall–Kier alpha value is -2.25. The fraction of sp³-hybridized carbons (Fsp3) is 0.350. The largest absolute Gasteiger partial charge is 0.468 e. The van der Waals surface area contributed by atoms with E-state index in [-0.39, 0.29) is 12.4 Å². The van der Waals surface area contributed by atoms with Crippen LogP contribution < -0.4 is 20.9 Å². The number of hydrogen-bond donors (Lipinski definition) is 2. The van der Waals surface area contributed by atoms with Crippen LogP contribution >= 0.6 is 30.3 Å². The lowest BCUT2D eigenvalue weighted by Gasteiger charge is -2.24. The average molecular weight is 591 g/mol. The Morgan fingerprint density at radius 2 is 2.12 bits per heavy atom. The number of halogens is 1. The first-order valence-corrected chi connectivity index (χ1v) is 12.4. The van der Waals surface area contributed by atoms with E-state index in [1.54, 1.807) is 37.3 Å². The fourth-order valence-electron chi connectivity index (χ4n) is 2.91. The molecule has 4 unspecified atom stereocenters. The van der Waals surface area contributed by atoms with Crippen molar-refractivity contribution in [1.82, 2.24) is 14.6 Å². The molecule has 0 spiro atoms. The molecule has 0 saturated heterocycles. The Morgan fingerprint density at radius 3 is 2.82 bits per heavy atom. The molecule has 2 aromatic rings. The molecule has 2 N–H and O–H groups in total. The first kappa shape index (κ1) is 25.4. The summed E-state index contributed by atoms with van der Waals surface area (Å²) >= 11 is 2.08. The van der Waals surface area contributed by atoms with E-state index in [0.717, 1.165) is 3.57 Å². The third-order valence-electron chi connectivity index (χ3n) is 4.56. The zero-order chi connectivity index (χ0) is 24.2. The molecule has 178 valence electrons. The number of nitrogens with one attached hydrogen (secondary N) is 2. The Kier molecular flexibility index (Phi) is 8.29. The number of aromatic amines is 1. The zero-order valence-electron chi connectivity index (χ0n) is 18.0. The van der Waals surface area contributed by atoms with Crippen molar-refractivity contribution < 1.29 is 27.9 Å². The minimum Gasteiger partial charge on any atom is -0.468 e. The molecule has 0 radical (unpaired) electrons. The molecule has 13 heteroatoms. The van der Waals surface area contributed by atoms with Gasteiger partial charge in [-0.1, -0.05) is 12.1 Å². The van der Waals surface area contributed by atoms with Gasteiger partial charge in [-0.2, -0.15) is 5.09 Å². The summed E-state index contributed by atoms with van der Waals surface area (Å²) in [6.45, 7) is 2.83. The van der Waals surface area contributed by atoms with E-state index in [9.17, 15) is 18.9 Å². The van der Waals surface area contributed by atoms with Crippen molar-refractivity contribution in [1.29, 1.82) is 0 Å². The van der Waals surface area contributed by atoms with Crippen molar-refractivity contribution in [3.8, 4) is 5.75 Å². The highest BCUT2D eigenvalue weighted by Gasteiger charge is 2.34. The molecule has 0 saturated carbocycles. The van der Waals surface area contributed by atoms with Crippen molar-refractivity contribution in [2.45, 2.75) is 32.2 Å². The van der Waals surface area contributed by atoms with E-state index in [4.69, 9.17) is 13.8 Å². The number of aryl methyl sites for hydroxylation is 1. The van der Waals surface area contributed by atoms with Gasteiger partial charge in [-0.15, -0.1) is 0 Å². The number of H-pyrrole nitrogens is 1. The smallest absolute Gasteiger partial charge is 0.459 e. The lowest BCUT2D eigenvalue weighted by Crippen LogP contribution is -2.35. The zero-order valence-corrected chi connectivity index (χ0v) is 21.1. The van der Waals surface area contributed by atoms with Crippen LogP contribution in [0.2, 0.25) is 0 Å². The van der Waals surface area contributed by atoms with Gasteiger partial charge in [0.25, 0.3) is 5.56 Å². The molecule has 0 bridgehead atoms. The van der Waals surface area contributed by atoms with E-state index in [1.165, 1.54) is 24.8 Å². The number of hydrogen-bond acceptors (Lipinski definition) is 8. The van der Waals surface area contributed by atoms with E-state index in [0.29, 0.717) is 5.56 Å². The molecule has 1 aromatic heterocycles. The van der Waals surface area contributed by atoms with Crippen LogP contribution in [0.4, 0.5) is 0 Å². The molecular formula is C20H23IN3O8P. The van der Waals surface area contributed by atoms with Gasteiger partial charge in [0, 0.05) is 15.3 Å². The molecular weight excluding hydrogens is 568 g/mol. The normalized spacial score (nSPS) is 20.2. The third kappa shape index (κ3) is 6.64. The standard InChI is InChI=1S/C20H23IN3O8P/c1-12-10-24(20(27)22-18(12)25)17-8-7-16(31-17)11-30-33(28,23-13(2)19(26)29-3)32-15-6-4-5-14(21)9-15/h4-10,13,16-17H,11H2,1-3H3,(H,23,28)(H,22,25,27).